The number of hydrogen-bond donors (Lipinski definition) is 2. The molecule has 0 spiro atoms. The third-order valence-electron chi connectivity index (χ3n) is 3.17. The molecule has 0 unspecified atom stereocenters. The van der Waals surface area contributed by atoms with E-state index >= 15 is 0 Å². The van der Waals surface area contributed by atoms with Crippen molar-refractivity contribution < 1.29 is 4.74 Å². The molecule has 0 aromatic carbocycles. The SMILES string of the molecule is Cc1[nH]nc2c1[C@H](c1ccncc1)C(C#N)=C(N)O2. The Hall–Kier alpha value is -2.81. The summed E-state index contributed by atoms with van der Waals surface area (Å²) in [5.74, 6) is 0.259. The lowest BCUT2D eigenvalue weighted by Gasteiger charge is -2.23. The molecule has 0 fully saturated rings. The van der Waals surface area contributed by atoms with Gasteiger partial charge in [-0.15, -0.1) is 5.10 Å². The predicted octanol–water partition coefficient (Wildman–Crippen LogP) is 1.33. The van der Waals surface area contributed by atoms with Gasteiger partial charge in [0.2, 0.25) is 11.8 Å². The Kier molecular flexibility index (Phi) is 2.46. The Bertz CT molecular complexity index is 696. The Morgan fingerprint density at radius 2 is 2.16 bits per heavy atom. The van der Waals surface area contributed by atoms with E-state index in [4.69, 9.17) is 10.5 Å². The van der Waals surface area contributed by atoms with Crippen LogP contribution >= 0.6 is 0 Å². The van der Waals surface area contributed by atoms with Crippen LogP contribution in [0.25, 0.3) is 0 Å². The fraction of sp³-hybridized carbons (Fsp3) is 0.154. The van der Waals surface area contributed by atoms with Crippen molar-refractivity contribution in [1.82, 2.24) is 15.2 Å². The molecule has 0 aliphatic carbocycles. The van der Waals surface area contributed by atoms with Gasteiger partial charge in [0, 0.05) is 23.7 Å². The molecule has 0 amide bonds. The van der Waals surface area contributed by atoms with E-state index in [-0.39, 0.29) is 11.8 Å². The Balaban J connectivity index is 2.25. The van der Waals surface area contributed by atoms with Crippen LogP contribution in [0.15, 0.2) is 36.0 Å². The molecule has 0 bridgehead atoms. The van der Waals surface area contributed by atoms with E-state index < -0.39 is 0 Å². The van der Waals surface area contributed by atoms with Gasteiger partial charge in [-0.3, -0.25) is 10.1 Å². The van der Waals surface area contributed by atoms with E-state index in [9.17, 15) is 5.26 Å². The molecule has 3 rings (SSSR count). The summed E-state index contributed by atoms with van der Waals surface area (Å²) in [4.78, 5) is 3.99. The second-order valence-corrected chi connectivity index (χ2v) is 4.27. The number of aryl methyl sites for hydroxylation is 1. The zero-order valence-electron chi connectivity index (χ0n) is 10.2. The van der Waals surface area contributed by atoms with Gasteiger partial charge in [0.1, 0.15) is 11.6 Å². The summed E-state index contributed by atoms with van der Waals surface area (Å²) < 4.78 is 5.38. The number of nitrogens with two attached hydrogens (primary N) is 1. The van der Waals surface area contributed by atoms with Crippen molar-refractivity contribution >= 4 is 0 Å². The van der Waals surface area contributed by atoms with Crippen LogP contribution in [0.1, 0.15) is 22.7 Å². The molecule has 1 aliphatic rings. The lowest BCUT2D eigenvalue weighted by Crippen LogP contribution is -2.21. The van der Waals surface area contributed by atoms with Crippen LogP contribution in [-0.4, -0.2) is 15.2 Å². The summed E-state index contributed by atoms with van der Waals surface area (Å²) in [7, 11) is 0. The first-order chi connectivity index (χ1) is 9.22. The van der Waals surface area contributed by atoms with Crippen LogP contribution in [-0.2, 0) is 0 Å². The quantitative estimate of drug-likeness (QED) is 0.798. The highest BCUT2D eigenvalue weighted by Crippen LogP contribution is 2.42. The summed E-state index contributed by atoms with van der Waals surface area (Å²) in [5.41, 5.74) is 8.84. The molecule has 1 aliphatic heterocycles. The first kappa shape index (κ1) is 11.3. The first-order valence-electron chi connectivity index (χ1n) is 5.74. The maximum absolute atomic E-state index is 9.33. The van der Waals surface area contributed by atoms with Gasteiger partial charge in [0.25, 0.3) is 0 Å². The second-order valence-electron chi connectivity index (χ2n) is 4.27. The number of hydrogen-bond acceptors (Lipinski definition) is 5. The summed E-state index contributed by atoms with van der Waals surface area (Å²) in [6.07, 6.45) is 3.37. The number of aromatic nitrogens is 3. The zero-order chi connectivity index (χ0) is 13.4. The third kappa shape index (κ3) is 1.64. The molecule has 0 radical (unpaired) electrons. The maximum atomic E-state index is 9.33. The number of pyridine rings is 1. The van der Waals surface area contributed by atoms with Gasteiger partial charge in [0.15, 0.2) is 0 Å². The molecule has 3 heterocycles. The van der Waals surface area contributed by atoms with Gasteiger partial charge in [0.05, 0.1) is 5.92 Å². The molecular weight excluding hydrogens is 242 g/mol. The molecule has 1 atom stereocenters. The van der Waals surface area contributed by atoms with Crippen molar-refractivity contribution in [3.05, 3.63) is 52.8 Å². The monoisotopic (exact) mass is 253 g/mol. The minimum atomic E-state index is -0.268. The average molecular weight is 253 g/mol. The number of rotatable bonds is 1. The maximum Gasteiger partial charge on any atom is 0.244 e. The smallest absolute Gasteiger partial charge is 0.244 e. The van der Waals surface area contributed by atoms with Crippen LogP contribution in [0.3, 0.4) is 0 Å². The van der Waals surface area contributed by atoms with Crippen LogP contribution in [0.2, 0.25) is 0 Å². The van der Waals surface area contributed by atoms with E-state index in [1.165, 1.54) is 0 Å². The van der Waals surface area contributed by atoms with Crippen LogP contribution in [0.5, 0.6) is 5.88 Å². The minimum Gasteiger partial charge on any atom is -0.420 e. The van der Waals surface area contributed by atoms with Crippen molar-refractivity contribution in [3.8, 4) is 11.9 Å². The normalized spacial score (nSPS) is 17.6. The summed E-state index contributed by atoms with van der Waals surface area (Å²) in [5, 5.41) is 16.3. The Morgan fingerprint density at radius 3 is 2.84 bits per heavy atom. The molecule has 2 aromatic heterocycles. The van der Waals surface area contributed by atoms with E-state index in [1.54, 1.807) is 12.4 Å². The number of nitrogens with zero attached hydrogens (tertiary/aromatic N) is 3. The molecule has 0 saturated carbocycles. The average Bonchev–Trinajstić information content (AvgIpc) is 2.79. The highest BCUT2D eigenvalue weighted by molar-refractivity contribution is 5.54. The zero-order valence-corrected chi connectivity index (χ0v) is 10.2. The predicted molar refractivity (Wildman–Crippen MR) is 66.9 cm³/mol. The number of nitriles is 1. The van der Waals surface area contributed by atoms with Gasteiger partial charge < -0.3 is 10.5 Å². The number of nitrogens with one attached hydrogen (secondary N) is 1. The highest BCUT2D eigenvalue weighted by atomic mass is 16.5. The van der Waals surface area contributed by atoms with Gasteiger partial charge in [-0.25, -0.2) is 0 Å². The molecule has 6 nitrogen and oxygen atoms in total. The van der Waals surface area contributed by atoms with Crippen LogP contribution in [0.4, 0.5) is 0 Å². The van der Waals surface area contributed by atoms with E-state index in [0.29, 0.717) is 11.5 Å². The molecule has 6 heteroatoms. The third-order valence-corrected chi connectivity index (χ3v) is 3.17. The van der Waals surface area contributed by atoms with Crippen molar-refractivity contribution in [3.63, 3.8) is 0 Å². The number of ether oxygens (including phenoxy) is 1. The largest absolute Gasteiger partial charge is 0.420 e. The van der Waals surface area contributed by atoms with Gasteiger partial charge in [-0.2, -0.15) is 5.26 Å². The first-order valence-corrected chi connectivity index (χ1v) is 5.74. The van der Waals surface area contributed by atoms with Crippen molar-refractivity contribution in [2.75, 3.05) is 0 Å². The molecule has 94 valence electrons. The van der Waals surface area contributed by atoms with Crippen LogP contribution < -0.4 is 10.5 Å². The minimum absolute atomic E-state index is 0.100. The molecule has 0 saturated heterocycles. The fourth-order valence-corrected chi connectivity index (χ4v) is 2.29. The Morgan fingerprint density at radius 1 is 1.42 bits per heavy atom. The molecule has 2 aromatic rings. The van der Waals surface area contributed by atoms with Gasteiger partial charge >= 0.3 is 0 Å². The summed E-state index contributed by atoms with van der Waals surface area (Å²) in [6.45, 7) is 1.89. The van der Waals surface area contributed by atoms with Gasteiger partial charge in [-0.1, -0.05) is 0 Å². The van der Waals surface area contributed by atoms with Crippen molar-refractivity contribution in [2.45, 2.75) is 12.8 Å². The molecule has 19 heavy (non-hydrogen) atoms. The van der Waals surface area contributed by atoms with Gasteiger partial charge in [-0.05, 0) is 24.6 Å². The van der Waals surface area contributed by atoms with Crippen LogP contribution in [0, 0.1) is 18.3 Å². The second kappa shape index (κ2) is 4.14. The lowest BCUT2D eigenvalue weighted by atomic mass is 9.85. The summed E-state index contributed by atoms with van der Waals surface area (Å²) in [6, 6.07) is 5.84. The van der Waals surface area contributed by atoms with Crippen molar-refractivity contribution in [2.24, 2.45) is 5.73 Å². The fourth-order valence-electron chi connectivity index (χ4n) is 2.29. The lowest BCUT2D eigenvalue weighted by molar-refractivity contribution is 0.379. The standard InChI is InChI=1S/C13H11N5O/c1-7-10-11(8-2-4-16-5-3-8)9(6-14)12(15)19-13(10)18-17-7/h2-5,11H,15H2,1H3,(H,17,18)/t11-/m1/s1. The van der Waals surface area contributed by atoms with E-state index in [0.717, 1.165) is 16.8 Å². The molecular formula is C13H11N5O. The number of aromatic amines is 1. The van der Waals surface area contributed by atoms with Crippen molar-refractivity contribution in [1.29, 1.82) is 5.26 Å². The van der Waals surface area contributed by atoms with E-state index in [1.807, 2.05) is 19.1 Å². The highest BCUT2D eigenvalue weighted by Gasteiger charge is 2.33. The summed E-state index contributed by atoms with van der Waals surface area (Å²) >= 11 is 0. The number of H-pyrrole nitrogens is 1. The van der Waals surface area contributed by atoms with E-state index in [2.05, 4.69) is 21.3 Å². The number of fused-ring (bicyclic) bond motifs is 1. The topological polar surface area (TPSA) is 101 Å². The number of allylic oxidation sites excluding steroid dienone is 1. The molecule has 3 N–H and O–H groups in total. The Labute approximate surface area is 109 Å².